The fraction of sp³-hybridized carbons (Fsp3) is 0.588. The molecule has 0 amide bonds. The first-order chi connectivity index (χ1) is 9.70. The largest absolute Gasteiger partial charge is 0.466 e. The lowest BCUT2D eigenvalue weighted by Gasteiger charge is -2.32. The number of nitrogens with zero attached hydrogens (tertiary/aromatic N) is 1. The molecule has 2 rings (SSSR count). The second-order valence-electron chi connectivity index (χ2n) is 5.64. The van der Waals surface area contributed by atoms with E-state index in [0.717, 1.165) is 32.5 Å². The van der Waals surface area contributed by atoms with E-state index in [0.29, 0.717) is 12.5 Å². The summed E-state index contributed by atoms with van der Waals surface area (Å²) in [6, 6.07) is 10.6. The zero-order valence-electron chi connectivity index (χ0n) is 12.5. The van der Waals surface area contributed by atoms with Crippen LogP contribution in [0.2, 0.25) is 0 Å². The first kappa shape index (κ1) is 15.0. The molecule has 1 saturated heterocycles. The second kappa shape index (κ2) is 7.44. The molecule has 1 atom stereocenters. The van der Waals surface area contributed by atoms with Gasteiger partial charge < -0.3 is 9.64 Å². The lowest BCUT2D eigenvalue weighted by atomic mass is 9.95. The number of esters is 1. The molecule has 0 unspecified atom stereocenters. The molecule has 1 heterocycles. The van der Waals surface area contributed by atoms with Gasteiger partial charge in [0.15, 0.2) is 0 Å². The van der Waals surface area contributed by atoms with E-state index in [1.165, 1.54) is 5.56 Å². The van der Waals surface area contributed by atoms with Crippen LogP contribution in [0, 0.1) is 5.92 Å². The van der Waals surface area contributed by atoms with Crippen LogP contribution in [-0.2, 0) is 9.53 Å². The van der Waals surface area contributed by atoms with Gasteiger partial charge in [0.05, 0.1) is 12.5 Å². The minimum atomic E-state index is -0.0109. The van der Waals surface area contributed by atoms with Crippen LogP contribution in [-0.4, -0.2) is 37.1 Å². The van der Waals surface area contributed by atoms with Crippen molar-refractivity contribution in [3.8, 4) is 0 Å². The highest BCUT2D eigenvalue weighted by atomic mass is 16.5. The van der Waals surface area contributed by atoms with Crippen molar-refractivity contribution in [2.24, 2.45) is 5.92 Å². The predicted molar refractivity (Wildman–Crippen MR) is 80.7 cm³/mol. The van der Waals surface area contributed by atoms with Crippen molar-refractivity contribution in [3.63, 3.8) is 0 Å². The number of hydrogen-bond donors (Lipinski definition) is 0. The molecule has 1 aromatic carbocycles. The van der Waals surface area contributed by atoms with Crippen molar-refractivity contribution >= 4 is 5.97 Å². The van der Waals surface area contributed by atoms with E-state index in [4.69, 9.17) is 4.74 Å². The smallest absolute Gasteiger partial charge is 0.309 e. The molecule has 0 bridgehead atoms. The predicted octanol–water partition coefficient (Wildman–Crippen LogP) is 3.07. The molecule has 0 aromatic heterocycles. The summed E-state index contributed by atoms with van der Waals surface area (Å²) in [7, 11) is 0. The van der Waals surface area contributed by atoms with Gasteiger partial charge in [-0.25, -0.2) is 0 Å². The molecule has 0 saturated carbocycles. The Labute approximate surface area is 121 Å². The quantitative estimate of drug-likeness (QED) is 0.773. The van der Waals surface area contributed by atoms with Crippen molar-refractivity contribution in [2.75, 3.05) is 26.2 Å². The van der Waals surface area contributed by atoms with Gasteiger partial charge in [0.1, 0.15) is 0 Å². The fourth-order valence-electron chi connectivity index (χ4n) is 2.89. The van der Waals surface area contributed by atoms with Crippen LogP contribution in [0.4, 0.5) is 0 Å². The van der Waals surface area contributed by atoms with Crippen molar-refractivity contribution in [1.82, 2.24) is 4.90 Å². The van der Waals surface area contributed by atoms with Crippen molar-refractivity contribution < 1.29 is 9.53 Å². The molecule has 1 aliphatic rings. The number of rotatable bonds is 5. The number of hydrogen-bond acceptors (Lipinski definition) is 3. The average molecular weight is 275 g/mol. The summed E-state index contributed by atoms with van der Waals surface area (Å²) in [4.78, 5) is 14.2. The molecule has 1 fully saturated rings. The summed E-state index contributed by atoms with van der Waals surface area (Å²) < 4.78 is 5.11. The third-order valence-electron chi connectivity index (χ3n) is 4.11. The Balaban J connectivity index is 1.78. The average Bonchev–Trinajstić information content (AvgIpc) is 2.49. The number of benzene rings is 1. The topological polar surface area (TPSA) is 29.5 Å². The van der Waals surface area contributed by atoms with Gasteiger partial charge in [0.2, 0.25) is 0 Å². The lowest BCUT2D eigenvalue weighted by Crippen LogP contribution is -2.38. The highest BCUT2D eigenvalue weighted by Gasteiger charge is 2.26. The maximum absolute atomic E-state index is 11.7. The van der Waals surface area contributed by atoms with E-state index in [1.807, 2.05) is 6.92 Å². The Morgan fingerprint density at radius 1 is 1.30 bits per heavy atom. The highest BCUT2D eigenvalue weighted by Crippen LogP contribution is 2.22. The zero-order chi connectivity index (χ0) is 14.4. The normalized spacial score (nSPS) is 18.7. The second-order valence-corrected chi connectivity index (χ2v) is 5.64. The minimum Gasteiger partial charge on any atom is -0.466 e. The molecule has 110 valence electrons. The lowest BCUT2D eigenvalue weighted by molar-refractivity contribution is -0.149. The van der Waals surface area contributed by atoms with E-state index < -0.39 is 0 Å². The summed E-state index contributed by atoms with van der Waals surface area (Å²) >= 11 is 0. The number of carbonyl (C=O) groups is 1. The van der Waals surface area contributed by atoms with Crippen LogP contribution in [0.5, 0.6) is 0 Å². The number of piperidine rings is 1. The van der Waals surface area contributed by atoms with Crippen LogP contribution in [0.15, 0.2) is 30.3 Å². The molecule has 0 radical (unpaired) electrons. The molecule has 3 heteroatoms. The maximum atomic E-state index is 11.7. The molecule has 0 spiro atoms. The SMILES string of the molecule is CCOC(=O)C1CCN(C[C@@H](C)c2ccccc2)CC1. The molecule has 1 aliphatic heterocycles. The van der Waals surface area contributed by atoms with Gasteiger partial charge in [0.25, 0.3) is 0 Å². The number of ether oxygens (including phenoxy) is 1. The Morgan fingerprint density at radius 3 is 2.55 bits per heavy atom. The number of likely N-dealkylation sites (tertiary alicyclic amines) is 1. The first-order valence-electron chi connectivity index (χ1n) is 7.64. The molecule has 0 aliphatic carbocycles. The van der Waals surface area contributed by atoms with Gasteiger partial charge in [-0.3, -0.25) is 4.79 Å². The van der Waals surface area contributed by atoms with Crippen LogP contribution < -0.4 is 0 Å². The Hall–Kier alpha value is -1.35. The maximum Gasteiger partial charge on any atom is 0.309 e. The molecule has 3 nitrogen and oxygen atoms in total. The monoisotopic (exact) mass is 275 g/mol. The summed E-state index contributed by atoms with van der Waals surface area (Å²) in [6.07, 6.45) is 1.86. The van der Waals surface area contributed by atoms with Crippen LogP contribution >= 0.6 is 0 Å². The van der Waals surface area contributed by atoms with Crippen LogP contribution in [0.3, 0.4) is 0 Å². The highest BCUT2D eigenvalue weighted by molar-refractivity contribution is 5.72. The zero-order valence-corrected chi connectivity index (χ0v) is 12.5. The molecule has 1 aromatic rings. The van der Waals surface area contributed by atoms with Gasteiger partial charge in [0, 0.05) is 6.54 Å². The van der Waals surface area contributed by atoms with Gasteiger partial charge >= 0.3 is 5.97 Å². The van der Waals surface area contributed by atoms with E-state index in [2.05, 4.69) is 42.2 Å². The van der Waals surface area contributed by atoms with Gasteiger partial charge in [-0.2, -0.15) is 0 Å². The van der Waals surface area contributed by atoms with Gasteiger partial charge in [-0.05, 0) is 44.3 Å². The summed E-state index contributed by atoms with van der Waals surface area (Å²) in [5.74, 6) is 0.636. The Kier molecular flexibility index (Phi) is 5.60. The van der Waals surface area contributed by atoms with E-state index in [-0.39, 0.29) is 11.9 Å². The Morgan fingerprint density at radius 2 is 1.95 bits per heavy atom. The van der Waals surface area contributed by atoms with Gasteiger partial charge in [-0.1, -0.05) is 37.3 Å². The van der Waals surface area contributed by atoms with Crippen molar-refractivity contribution in [1.29, 1.82) is 0 Å². The molecule has 20 heavy (non-hydrogen) atoms. The summed E-state index contributed by atoms with van der Waals surface area (Å²) in [5.41, 5.74) is 1.39. The fourth-order valence-corrected chi connectivity index (χ4v) is 2.89. The standard InChI is InChI=1S/C17H25NO2/c1-3-20-17(19)16-9-11-18(12-10-16)13-14(2)15-7-5-4-6-8-15/h4-8,14,16H,3,9-13H2,1-2H3/t14-/m1/s1. The van der Waals surface area contributed by atoms with Gasteiger partial charge in [-0.15, -0.1) is 0 Å². The number of carbonyl (C=O) groups excluding carboxylic acids is 1. The molecular formula is C17H25NO2. The summed E-state index contributed by atoms with van der Waals surface area (Å²) in [5, 5.41) is 0. The van der Waals surface area contributed by atoms with Crippen LogP contribution in [0.25, 0.3) is 0 Å². The Bertz CT molecular complexity index is 410. The third kappa shape index (κ3) is 4.07. The summed E-state index contributed by atoms with van der Waals surface area (Å²) in [6.45, 7) is 7.70. The third-order valence-corrected chi connectivity index (χ3v) is 4.11. The van der Waals surface area contributed by atoms with E-state index in [9.17, 15) is 4.79 Å². The van der Waals surface area contributed by atoms with E-state index >= 15 is 0 Å². The minimum absolute atomic E-state index is 0.0109. The van der Waals surface area contributed by atoms with Crippen LogP contribution in [0.1, 0.15) is 38.2 Å². The van der Waals surface area contributed by atoms with Crippen molar-refractivity contribution in [3.05, 3.63) is 35.9 Å². The molecular weight excluding hydrogens is 250 g/mol. The molecule has 0 N–H and O–H groups in total. The van der Waals surface area contributed by atoms with E-state index in [1.54, 1.807) is 0 Å². The first-order valence-corrected chi connectivity index (χ1v) is 7.64. The van der Waals surface area contributed by atoms with Crippen molar-refractivity contribution in [2.45, 2.75) is 32.6 Å².